The Morgan fingerprint density at radius 3 is 2.57 bits per heavy atom. The summed E-state index contributed by atoms with van der Waals surface area (Å²) in [7, 11) is 1.34. The molecule has 1 saturated heterocycles. The van der Waals surface area contributed by atoms with Crippen molar-refractivity contribution < 1.29 is 14.6 Å². The van der Waals surface area contributed by atoms with Gasteiger partial charge in [0.05, 0.1) is 24.8 Å². The Labute approximate surface area is 83.8 Å². The zero-order valence-electron chi connectivity index (χ0n) is 8.91. The molecule has 5 nitrogen and oxygen atoms in total. The lowest BCUT2D eigenvalue weighted by atomic mass is 9.82. The highest BCUT2D eigenvalue weighted by molar-refractivity contribution is 5.69. The van der Waals surface area contributed by atoms with Crippen LogP contribution >= 0.6 is 0 Å². The highest BCUT2D eigenvalue weighted by Gasteiger charge is 2.53. The van der Waals surface area contributed by atoms with Crippen molar-refractivity contribution in [2.75, 3.05) is 20.3 Å². The van der Waals surface area contributed by atoms with Gasteiger partial charge in [0.25, 0.3) is 0 Å². The number of nitrogens with two attached hydrogens (primary N) is 1. The predicted octanol–water partition coefficient (Wildman–Crippen LogP) is -0.0731. The van der Waals surface area contributed by atoms with E-state index in [2.05, 4.69) is 4.74 Å². The molecule has 0 bridgehead atoms. The monoisotopic (exact) mass is 202 g/mol. The third-order valence-corrected chi connectivity index (χ3v) is 3.35. The Morgan fingerprint density at radius 1 is 1.64 bits per heavy atom. The zero-order chi connectivity index (χ0) is 11.0. The van der Waals surface area contributed by atoms with Gasteiger partial charge in [-0.3, -0.25) is 0 Å². The highest BCUT2D eigenvalue weighted by atomic mass is 16.5. The third kappa shape index (κ3) is 1.36. The fourth-order valence-electron chi connectivity index (χ4n) is 1.87. The van der Waals surface area contributed by atoms with Crippen LogP contribution in [0.2, 0.25) is 0 Å². The smallest absolute Gasteiger partial charge is 0.409 e. The molecular formula is C9H18N2O3. The molecule has 1 aliphatic rings. The molecule has 1 atom stereocenters. The maximum atomic E-state index is 11.4. The molecule has 14 heavy (non-hydrogen) atoms. The molecule has 1 rings (SSSR count). The van der Waals surface area contributed by atoms with Crippen LogP contribution in [-0.2, 0) is 4.74 Å². The Hall–Kier alpha value is -0.810. The number of aliphatic hydroxyl groups excluding tert-OH is 1. The van der Waals surface area contributed by atoms with Crippen molar-refractivity contribution in [1.29, 1.82) is 0 Å². The van der Waals surface area contributed by atoms with Crippen LogP contribution in [-0.4, -0.2) is 47.4 Å². The third-order valence-electron chi connectivity index (χ3n) is 3.35. The second kappa shape index (κ2) is 3.40. The average molecular weight is 202 g/mol. The second-order valence-corrected chi connectivity index (χ2v) is 4.24. The topological polar surface area (TPSA) is 75.8 Å². The molecule has 0 aliphatic carbocycles. The average Bonchev–Trinajstić information content (AvgIpc) is 2.38. The Bertz CT molecular complexity index is 242. The van der Waals surface area contributed by atoms with E-state index in [1.54, 1.807) is 4.90 Å². The van der Waals surface area contributed by atoms with Gasteiger partial charge in [-0.25, -0.2) is 4.79 Å². The summed E-state index contributed by atoms with van der Waals surface area (Å²) in [6.45, 7) is 4.07. The van der Waals surface area contributed by atoms with Crippen molar-refractivity contribution in [1.82, 2.24) is 4.90 Å². The van der Waals surface area contributed by atoms with Crippen molar-refractivity contribution in [2.45, 2.75) is 31.3 Å². The van der Waals surface area contributed by atoms with Crippen LogP contribution in [0.4, 0.5) is 4.79 Å². The first-order valence-electron chi connectivity index (χ1n) is 4.64. The molecule has 82 valence electrons. The molecule has 5 heteroatoms. The first-order valence-corrected chi connectivity index (χ1v) is 4.64. The molecule has 0 aromatic rings. The van der Waals surface area contributed by atoms with Gasteiger partial charge in [0.1, 0.15) is 0 Å². The summed E-state index contributed by atoms with van der Waals surface area (Å²) in [5.74, 6) is 0. The van der Waals surface area contributed by atoms with Crippen LogP contribution in [0.3, 0.4) is 0 Å². The van der Waals surface area contributed by atoms with Crippen LogP contribution in [0.25, 0.3) is 0 Å². The van der Waals surface area contributed by atoms with Crippen molar-refractivity contribution in [2.24, 2.45) is 5.73 Å². The van der Waals surface area contributed by atoms with E-state index in [1.165, 1.54) is 7.11 Å². The number of hydrogen-bond donors (Lipinski definition) is 2. The number of methoxy groups -OCH3 is 1. The van der Waals surface area contributed by atoms with Crippen molar-refractivity contribution in [3.63, 3.8) is 0 Å². The maximum absolute atomic E-state index is 11.4. The van der Waals surface area contributed by atoms with E-state index < -0.39 is 17.2 Å². The van der Waals surface area contributed by atoms with Gasteiger partial charge in [0.15, 0.2) is 0 Å². The largest absolute Gasteiger partial charge is 0.453 e. The van der Waals surface area contributed by atoms with E-state index in [0.717, 1.165) is 0 Å². The number of carbonyl (C=O) groups excluding carboxylic acids is 1. The van der Waals surface area contributed by atoms with Crippen LogP contribution < -0.4 is 5.73 Å². The summed E-state index contributed by atoms with van der Waals surface area (Å²) in [5, 5.41) is 9.23. The summed E-state index contributed by atoms with van der Waals surface area (Å²) in [4.78, 5) is 13.0. The number of ether oxygens (including phenoxy) is 1. The summed E-state index contributed by atoms with van der Waals surface area (Å²) >= 11 is 0. The minimum Gasteiger partial charge on any atom is -0.453 e. The lowest BCUT2D eigenvalue weighted by Gasteiger charge is -2.40. The summed E-state index contributed by atoms with van der Waals surface area (Å²) in [6, 6.07) is 0. The van der Waals surface area contributed by atoms with Crippen LogP contribution in [0.15, 0.2) is 0 Å². The number of aliphatic hydroxyl groups is 1. The molecule has 1 heterocycles. The fraction of sp³-hybridized carbons (Fsp3) is 0.889. The van der Waals surface area contributed by atoms with Gasteiger partial charge >= 0.3 is 6.09 Å². The van der Waals surface area contributed by atoms with Crippen molar-refractivity contribution in [3.8, 4) is 0 Å². The van der Waals surface area contributed by atoms with Crippen LogP contribution in [0.1, 0.15) is 20.3 Å². The minimum absolute atomic E-state index is 0.131. The predicted molar refractivity (Wildman–Crippen MR) is 51.8 cm³/mol. The van der Waals surface area contributed by atoms with E-state index >= 15 is 0 Å². The first-order chi connectivity index (χ1) is 6.39. The minimum atomic E-state index is -0.735. The number of likely N-dealkylation sites (tertiary alicyclic amines) is 1. The van der Waals surface area contributed by atoms with Gasteiger partial charge in [-0.05, 0) is 20.3 Å². The molecule has 0 radical (unpaired) electrons. The van der Waals surface area contributed by atoms with E-state index in [0.29, 0.717) is 13.0 Å². The Morgan fingerprint density at radius 2 is 2.21 bits per heavy atom. The molecule has 0 aromatic carbocycles. The van der Waals surface area contributed by atoms with Crippen LogP contribution in [0.5, 0.6) is 0 Å². The molecule has 1 fully saturated rings. The highest BCUT2D eigenvalue weighted by Crippen LogP contribution is 2.36. The second-order valence-electron chi connectivity index (χ2n) is 4.24. The van der Waals surface area contributed by atoms with E-state index in [-0.39, 0.29) is 6.61 Å². The standard InChI is InChI=1S/C9H18N2O3/c1-8(2)9(10,6-12)4-5-11(8)7(13)14-3/h12H,4-6,10H2,1-3H3. The van der Waals surface area contributed by atoms with Crippen molar-refractivity contribution in [3.05, 3.63) is 0 Å². The molecular weight excluding hydrogens is 184 g/mol. The SMILES string of the molecule is COC(=O)N1CCC(N)(CO)C1(C)C. The number of amides is 1. The summed E-state index contributed by atoms with van der Waals surface area (Å²) < 4.78 is 4.66. The molecule has 1 aliphatic heterocycles. The molecule has 0 aromatic heterocycles. The number of rotatable bonds is 1. The lowest BCUT2D eigenvalue weighted by Crippen LogP contribution is -2.62. The fourth-order valence-corrected chi connectivity index (χ4v) is 1.87. The molecule has 0 saturated carbocycles. The van der Waals surface area contributed by atoms with Crippen LogP contribution in [0, 0.1) is 0 Å². The van der Waals surface area contributed by atoms with E-state index in [1.807, 2.05) is 13.8 Å². The summed E-state index contributed by atoms with van der Waals surface area (Å²) in [6.07, 6.45) is 0.196. The normalized spacial score (nSPS) is 30.5. The molecule has 3 N–H and O–H groups in total. The van der Waals surface area contributed by atoms with Gasteiger partial charge in [-0.2, -0.15) is 0 Å². The number of nitrogens with zero attached hydrogens (tertiary/aromatic N) is 1. The van der Waals surface area contributed by atoms with Crippen molar-refractivity contribution >= 4 is 6.09 Å². The van der Waals surface area contributed by atoms with Gasteiger partial charge in [0.2, 0.25) is 0 Å². The summed E-state index contributed by atoms with van der Waals surface area (Å²) in [5.41, 5.74) is 4.71. The molecule has 1 amide bonds. The van der Waals surface area contributed by atoms with Gasteiger partial charge in [-0.1, -0.05) is 0 Å². The van der Waals surface area contributed by atoms with E-state index in [4.69, 9.17) is 5.73 Å². The lowest BCUT2D eigenvalue weighted by molar-refractivity contribution is 0.0613. The molecule has 0 spiro atoms. The quantitative estimate of drug-likeness (QED) is 0.624. The Kier molecular flexibility index (Phi) is 2.74. The zero-order valence-corrected chi connectivity index (χ0v) is 8.91. The molecule has 1 unspecified atom stereocenters. The maximum Gasteiger partial charge on any atom is 0.409 e. The van der Waals surface area contributed by atoms with Gasteiger partial charge in [0, 0.05) is 6.54 Å². The Balaban J connectivity index is 2.91. The first kappa shape index (κ1) is 11.3. The number of hydrogen-bond acceptors (Lipinski definition) is 4. The van der Waals surface area contributed by atoms with Gasteiger partial charge in [-0.15, -0.1) is 0 Å². The number of carbonyl (C=O) groups is 1. The van der Waals surface area contributed by atoms with E-state index in [9.17, 15) is 9.90 Å². The van der Waals surface area contributed by atoms with Gasteiger partial charge < -0.3 is 20.5 Å².